The number of carbonyl (C=O) groups is 1. The van der Waals surface area contributed by atoms with Crippen molar-refractivity contribution < 1.29 is 19.4 Å². The van der Waals surface area contributed by atoms with Crippen LogP contribution >= 0.6 is 0 Å². The Morgan fingerprint density at radius 2 is 2.14 bits per heavy atom. The van der Waals surface area contributed by atoms with Crippen LogP contribution in [0.4, 0.5) is 0 Å². The molecule has 0 aromatic heterocycles. The predicted molar refractivity (Wildman–Crippen MR) is 79.5 cm³/mol. The fourth-order valence-corrected chi connectivity index (χ4v) is 2.59. The summed E-state index contributed by atoms with van der Waals surface area (Å²) in [6.07, 6.45) is 3.78. The van der Waals surface area contributed by atoms with Crippen LogP contribution in [0.1, 0.15) is 44.3 Å². The van der Waals surface area contributed by atoms with Gasteiger partial charge in [-0.25, -0.2) is 0 Å². The highest BCUT2D eigenvalue weighted by molar-refractivity contribution is 5.77. The van der Waals surface area contributed by atoms with Crippen molar-refractivity contribution in [3.8, 4) is 11.5 Å². The molecule has 0 spiro atoms. The normalized spacial score (nSPS) is 16.5. The molecule has 1 fully saturated rings. The molecule has 0 saturated heterocycles. The van der Waals surface area contributed by atoms with Crippen LogP contribution in [-0.4, -0.2) is 30.8 Å². The lowest BCUT2D eigenvalue weighted by molar-refractivity contribution is -0.123. The topological polar surface area (TPSA) is 67.8 Å². The fraction of sp³-hybridized carbons (Fsp3) is 0.562. The van der Waals surface area contributed by atoms with Crippen LogP contribution in [0.15, 0.2) is 18.2 Å². The summed E-state index contributed by atoms with van der Waals surface area (Å²) in [4.78, 5) is 11.9. The first-order valence-electron chi connectivity index (χ1n) is 7.38. The Bertz CT molecular complexity index is 481. The molecular weight excluding hydrogens is 270 g/mol. The molecule has 0 bridgehead atoms. The average Bonchev–Trinajstić information content (AvgIpc) is 2.97. The summed E-state index contributed by atoms with van der Waals surface area (Å²) in [5, 5.41) is 12.7. The number of aliphatic hydroxyl groups is 1. The molecule has 0 heterocycles. The van der Waals surface area contributed by atoms with Crippen molar-refractivity contribution in [2.45, 2.75) is 44.8 Å². The summed E-state index contributed by atoms with van der Waals surface area (Å²) in [7, 11) is 1.56. The molecule has 1 aliphatic carbocycles. The van der Waals surface area contributed by atoms with Gasteiger partial charge in [0.2, 0.25) is 0 Å². The van der Waals surface area contributed by atoms with Crippen molar-refractivity contribution in [2.24, 2.45) is 0 Å². The molecule has 1 aromatic rings. The third-order valence-corrected chi connectivity index (χ3v) is 3.75. The van der Waals surface area contributed by atoms with E-state index < -0.39 is 6.10 Å². The minimum Gasteiger partial charge on any atom is -0.497 e. The van der Waals surface area contributed by atoms with Gasteiger partial charge < -0.3 is 19.9 Å². The van der Waals surface area contributed by atoms with Crippen molar-refractivity contribution in [1.82, 2.24) is 5.32 Å². The zero-order chi connectivity index (χ0) is 15.2. The van der Waals surface area contributed by atoms with Crippen molar-refractivity contribution >= 4 is 5.91 Å². The smallest absolute Gasteiger partial charge is 0.258 e. The molecule has 1 aromatic carbocycles. The van der Waals surface area contributed by atoms with Gasteiger partial charge in [0.25, 0.3) is 5.91 Å². The van der Waals surface area contributed by atoms with Gasteiger partial charge in [0, 0.05) is 17.7 Å². The summed E-state index contributed by atoms with van der Waals surface area (Å²) in [6, 6.07) is 5.47. The van der Waals surface area contributed by atoms with Gasteiger partial charge in [-0.1, -0.05) is 12.8 Å². The maximum atomic E-state index is 11.9. The maximum absolute atomic E-state index is 11.9. The summed E-state index contributed by atoms with van der Waals surface area (Å²) in [5.74, 6) is 0.984. The molecule has 1 amide bonds. The van der Waals surface area contributed by atoms with Crippen molar-refractivity contribution in [3.63, 3.8) is 0 Å². The Morgan fingerprint density at radius 3 is 2.76 bits per heavy atom. The van der Waals surface area contributed by atoms with Gasteiger partial charge in [-0.3, -0.25) is 4.79 Å². The molecule has 0 aliphatic heterocycles. The Balaban J connectivity index is 1.95. The molecule has 21 heavy (non-hydrogen) atoms. The summed E-state index contributed by atoms with van der Waals surface area (Å²) in [6.45, 7) is 1.61. The molecule has 116 valence electrons. The van der Waals surface area contributed by atoms with E-state index in [1.165, 1.54) is 12.8 Å². The molecule has 0 radical (unpaired) electrons. The van der Waals surface area contributed by atoms with E-state index in [0.717, 1.165) is 12.8 Å². The van der Waals surface area contributed by atoms with Crippen LogP contribution in [-0.2, 0) is 4.79 Å². The number of nitrogens with one attached hydrogen (secondary N) is 1. The van der Waals surface area contributed by atoms with E-state index in [-0.39, 0.29) is 18.6 Å². The van der Waals surface area contributed by atoms with Crippen LogP contribution in [0, 0.1) is 0 Å². The fourth-order valence-electron chi connectivity index (χ4n) is 2.59. The Kier molecular flexibility index (Phi) is 5.44. The van der Waals surface area contributed by atoms with Gasteiger partial charge in [-0.15, -0.1) is 0 Å². The molecule has 1 aliphatic rings. The number of ether oxygens (including phenoxy) is 2. The van der Waals surface area contributed by atoms with Gasteiger partial charge in [-0.05, 0) is 31.9 Å². The average molecular weight is 293 g/mol. The van der Waals surface area contributed by atoms with Crippen molar-refractivity contribution in [1.29, 1.82) is 0 Å². The van der Waals surface area contributed by atoms with Gasteiger partial charge in [0.1, 0.15) is 11.5 Å². The van der Waals surface area contributed by atoms with Gasteiger partial charge in [-0.2, -0.15) is 0 Å². The van der Waals surface area contributed by atoms with Crippen LogP contribution in [0.2, 0.25) is 0 Å². The number of hydrogen-bond acceptors (Lipinski definition) is 4. The van der Waals surface area contributed by atoms with Crippen molar-refractivity contribution in [3.05, 3.63) is 23.8 Å². The SMILES string of the molecule is COc1ccc([C@H](C)O)c(OCC(=O)NC2CCCC2)c1. The molecule has 5 nitrogen and oxygen atoms in total. The standard InChI is InChI=1S/C16H23NO4/c1-11(18)14-8-7-13(20-2)9-15(14)21-10-16(19)17-12-5-3-4-6-12/h7-9,11-12,18H,3-6,10H2,1-2H3,(H,17,19)/t11-/m0/s1. The Hall–Kier alpha value is -1.75. The highest BCUT2D eigenvalue weighted by Gasteiger charge is 2.18. The number of amides is 1. The van der Waals surface area contributed by atoms with E-state index in [1.54, 1.807) is 32.2 Å². The van der Waals surface area contributed by atoms with E-state index in [9.17, 15) is 9.90 Å². The Morgan fingerprint density at radius 1 is 1.43 bits per heavy atom. The molecule has 1 atom stereocenters. The van der Waals surface area contributed by atoms with E-state index in [1.807, 2.05) is 0 Å². The largest absolute Gasteiger partial charge is 0.497 e. The Labute approximate surface area is 125 Å². The van der Waals surface area contributed by atoms with E-state index in [0.29, 0.717) is 17.1 Å². The molecule has 5 heteroatoms. The van der Waals surface area contributed by atoms with Gasteiger partial charge in [0.05, 0.1) is 13.2 Å². The number of hydrogen-bond donors (Lipinski definition) is 2. The van der Waals surface area contributed by atoms with Crippen LogP contribution < -0.4 is 14.8 Å². The molecule has 0 unspecified atom stereocenters. The molecule has 1 saturated carbocycles. The number of rotatable bonds is 6. The van der Waals surface area contributed by atoms with Crippen molar-refractivity contribution in [2.75, 3.05) is 13.7 Å². The van der Waals surface area contributed by atoms with Crippen LogP contribution in [0.3, 0.4) is 0 Å². The summed E-state index contributed by atoms with van der Waals surface area (Å²) >= 11 is 0. The second-order valence-electron chi connectivity index (χ2n) is 5.42. The summed E-state index contributed by atoms with van der Waals surface area (Å²) in [5.41, 5.74) is 0.643. The lowest BCUT2D eigenvalue weighted by Crippen LogP contribution is -2.36. The third-order valence-electron chi connectivity index (χ3n) is 3.75. The zero-order valence-electron chi connectivity index (χ0n) is 12.6. The molecule has 2 rings (SSSR count). The van der Waals surface area contributed by atoms with Gasteiger partial charge in [0.15, 0.2) is 6.61 Å². The highest BCUT2D eigenvalue weighted by atomic mass is 16.5. The zero-order valence-corrected chi connectivity index (χ0v) is 12.6. The number of carbonyl (C=O) groups excluding carboxylic acids is 1. The molecule has 2 N–H and O–H groups in total. The van der Waals surface area contributed by atoms with E-state index >= 15 is 0 Å². The lowest BCUT2D eigenvalue weighted by Gasteiger charge is -2.16. The van der Waals surface area contributed by atoms with Gasteiger partial charge >= 0.3 is 0 Å². The summed E-state index contributed by atoms with van der Waals surface area (Å²) < 4.78 is 10.7. The highest BCUT2D eigenvalue weighted by Crippen LogP contribution is 2.29. The number of methoxy groups -OCH3 is 1. The quantitative estimate of drug-likeness (QED) is 0.843. The molecular formula is C16H23NO4. The second-order valence-corrected chi connectivity index (χ2v) is 5.42. The minimum absolute atomic E-state index is 0.0522. The first kappa shape index (κ1) is 15.6. The number of aliphatic hydroxyl groups excluding tert-OH is 1. The van der Waals surface area contributed by atoms with E-state index in [4.69, 9.17) is 9.47 Å². The minimum atomic E-state index is -0.663. The monoisotopic (exact) mass is 293 g/mol. The third kappa shape index (κ3) is 4.36. The lowest BCUT2D eigenvalue weighted by atomic mass is 10.1. The van der Waals surface area contributed by atoms with Crippen LogP contribution in [0.5, 0.6) is 11.5 Å². The predicted octanol–water partition coefficient (Wildman–Crippen LogP) is 2.19. The number of benzene rings is 1. The maximum Gasteiger partial charge on any atom is 0.258 e. The van der Waals surface area contributed by atoms with E-state index in [2.05, 4.69) is 5.32 Å². The first-order chi connectivity index (χ1) is 10.1. The van der Waals surface area contributed by atoms with Crippen LogP contribution in [0.25, 0.3) is 0 Å². The second kappa shape index (κ2) is 7.31. The first-order valence-corrected chi connectivity index (χ1v) is 7.38.